The lowest BCUT2D eigenvalue weighted by Gasteiger charge is -1.94. The van der Waals surface area contributed by atoms with E-state index in [0.717, 1.165) is 0 Å². The van der Waals surface area contributed by atoms with E-state index in [4.69, 9.17) is 5.53 Å². The van der Waals surface area contributed by atoms with E-state index < -0.39 is 5.91 Å². The lowest BCUT2D eigenvalue weighted by atomic mass is 10.1. The van der Waals surface area contributed by atoms with E-state index in [-0.39, 0.29) is 17.7 Å². The molecule has 1 aliphatic rings. The molecule has 1 amide bonds. The minimum atomic E-state index is -0.435. The van der Waals surface area contributed by atoms with Gasteiger partial charge < -0.3 is 0 Å². The van der Waals surface area contributed by atoms with Gasteiger partial charge >= 0.3 is 0 Å². The van der Waals surface area contributed by atoms with E-state index in [0.29, 0.717) is 12.0 Å². The molecule has 0 saturated heterocycles. The van der Waals surface area contributed by atoms with Gasteiger partial charge in [-0.1, -0.05) is 30.4 Å². The van der Waals surface area contributed by atoms with Crippen LogP contribution in [0.15, 0.2) is 35.5 Å². The van der Waals surface area contributed by atoms with Crippen molar-refractivity contribution >= 4 is 12.0 Å². The van der Waals surface area contributed by atoms with Crippen LogP contribution in [0.2, 0.25) is 0 Å². The quantitative estimate of drug-likeness (QED) is 0.447. The van der Waals surface area contributed by atoms with Gasteiger partial charge in [-0.2, -0.15) is 0 Å². The Morgan fingerprint density at radius 3 is 3.00 bits per heavy atom. The van der Waals surface area contributed by atoms with Crippen molar-refractivity contribution in [2.24, 2.45) is 17.0 Å². The molecule has 0 aliphatic heterocycles. The molecule has 0 heterocycles. The van der Waals surface area contributed by atoms with Crippen molar-refractivity contribution in [3.8, 4) is 0 Å². The maximum absolute atomic E-state index is 13.3. The molecule has 4 nitrogen and oxygen atoms in total. The molecule has 2 unspecified atom stereocenters. The van der Waals surface area contributed by atoms with Crippen LogP contribution in [0.4, 0.5) is 4.39 Å². The number of carbonyl (C=O) groups excluding carboxylic acids is 1. The molecule has 2 rings (SSSR count). The van der Waals surface area contributed by atoms with Gasteiger partial charge in [0.25, 0.3) is 0 Å². The highest BCUT2D eigenvalue weighted by Gasteiger charge is 2.40. The summed E-state index contributed by atoms with van der Waals surface area (Å²) in [4.78, 5) is 13.6. The van der Waals surface area contributed by atoms with E-state index in [9.17, 15) is 9.18 Å². The van der Waals surface area contributed by atoms with Crippen LogP contribution >= 0.6 is 0 Å². The number of hydrogen-bond donors (Lipinski definition) is 0. The average molecular weight is 231 g/mol. The number of amides is 1. The highest BCUT2D eigenvalue weighted by molar-refractivity contribution is 5.82. The third-order valence-electron chi connectivity index (χ3n) is 2.73. The van der Waals surface area contributed by atoms with Crippen molar-refractivity contribution in [2.45, 2.75) is 6.42 Å². The zero-order valence-corrected chi connectivity index (χ0v) is 8.95. The fourth-order valence-corrected chi connectivity index (χ4v) is 1.67. The smallest absolute Gasteiger partial charge is 0.222 e. The van der Waals surface area contributed by atoms with E-state index >= 15 is 0 Å². The molecular weight excluding hydrogens is 221 g/mol. The molecular formula is C12H10FN3O. The van der Waals surface area contributed by atoms with Crippen LogP contribution in [0.25, 0.3) is 16.5 Å². The van der Waals surface area contributed by atoms with Crippen LogP contribution in [0.5, 0.6) is 0 Å². The number of halogens is 1. The number of nitrogens with zero attached hydrogens (tertiary/aromatic N) is 3. The fraction of sp³-hybridized carbons (Fsp3) is 0.250. The Balaban J connectivity index is 1.98. The number of benzene rings is 1. The predicted molar refractivity (Wildman–Crippen MR) is 61.2 cm³/mol. The Labute approximate surface area is 97.4 Å². The van der Waals surface area contributed by atoms with Crippen molar-refractivity contribution in [3.63, 3.8) is 0 Å². The Morgan fingerprint density at radius 2 is 2.29 bits per heavy atom. The topological polar surface area (TPSA) is 65.8 Å². The van der Waals surface area contributed by atoms with Crippen LogP contribution in [0.1, 0.15) is 12.0 Å². The second kappa shape index (κ2) is 4.80. The summed E-state index contributed by atoms with van der Waals surface area (Å²) in [7, 11) is 0. The van der Waals surface area contributed by atoms with Gasteiger partial charge in [-0.15, -0.1) is 0 Å². The number of carbonyl (C=O) groups is 1. The minimum Gasteiger partial charge on any atom is -0.292 e. The first-order valence-corrected chi connectivity index (χ1v) is 5.24. The van der Waals surface area contributed by atoms with Crippen molar-refractivity contribution in [1.82, 2.24) is 0 Å². The Hall–Kier alpha value is -2.13. The van der Waals surface area contributed by atoms with Gasteiger partial charge in [0.05, 0.1) is 0 Å². The summed E-state index contributed by atoms with van der Waals surface area (Å²) in [6.45, 7) is 0. The lowest BCUT2D eigenvalue weighted by Crippen LogP contribution is -1.95. The summed E-state index contributed by atoms with van der Waals surface area (Å²) in [5, 5.41) is 3.04. The van der Waals surface area contributed by atoms with E-state index in [1.807, 2.05) is 0 Å². The first-order valence-electron chi connectivity index (χ1n) is 5.24. The molecule has 17 heavy (non-hydrogen) atoms. The average Bonchev–Trinajstić information content (AvgIpc) is 3.08. The van der Waals surface area contributed by atoms with Crippen LogP contribution in [-0.4, -0.2) is 5.91 Å². The maximum Gasteiger partial charge on any atom is 0.222 e. The van der Waals surface area contributed by atoms with Crippen molar-refractivity contribution in [3.05, 3.63) is 52.2 Å². The van der Waals surface area contributed by atoms with Crippen molar-refractivity contribution in [1.29, 1.82) is 0 Å². The molecule has 1 saturated carbocycles. The van der Waals surface area contributed by atoms with Crippen molar-refractivity contribution in [2.75, 3.05) is 0 Å². The molecule has 1 aromatic rings. The number of azide groups is 1. The van der Waals surface area contributed by atoms with Gasteiger partial charge in [-0.25, -0.2) is 4.39 Å². The molecule has 1 fully saturated rings. The molecule has 2 atom stereocenters. The van der Waals surface area contributed by atoms with Crippen molar-refractivity contribution < 1.29 is 9.18 Å². The minimum absolute atomic E-state index is 0.0626. The molecule has 0 spiro atoms. The second-order valence-corrected chi connectivity index (χ2v) is 3.91. The molecule has 1 aliphatic carbocycles. The Bertz CT molecular complexity index is 520. The van der Waals surface area contributed by atoms with Crippen LogP contribution in [0, 0.1) is 17.7 Å². The van der Waals surface area contributed by atoms with Crippen LogP contribution in [-0.2, 0) is 4.79 Å². The van der Waals surface area contributed by atoms with Gasteiger partial charge in [-0.05, 0) is 29.1 Å². The fourth-order valence-electron chi connectivity index (χ4n) is 1.67. The van der Waals surface area contributed by atoms with E-state index in [1.54, 1.807) is 30.4 Å². The zero-order valence-electron chi connectivity index (χ0n) is 8.95. The number of hydrogen-bond acceptors (Lipinski definition) is 1. The first kappa shape index (κ1) is 11.4. The summed E-state index contributed by atoms with van der Waals surface area (Å²) in [5.41, 5.74) is 8.61. The monoisotopic (exact) mass is 231 g/mol. The molecule has 1 aromatic carbocycles. The largest absolute Gasteiger partial charge is 0.292 e. The highest BCUT2D eigenvalue weighted by Crippen LogP contribution is 2.41. The highest BCUT2D eigenvalue weighted by atomic mass is 19.1. The standard InChI is InChI=1S/C12H10FN3O/c13-11-4-2-1-3-8(11)5-6-9-7-10(9)12(17)15-16-14/h1-6,9-10H,7H2/b6-5+. The summed E-state index contributed by atoms with van der Waals surface area (Å²) in [6, 6.07) is 6.42. The Kier molecular flexibility index (Phi) is 3.21. The van der Waals surface area contributed by atoms with E-state index in [1.165, 1.54) is 6.07 Å². The summed E-state index contributed by atoms with van der Waals surface area (Å²) in [5.74, 6) is -0.889. The van der Waals surface area contributed by atoms with Gasteiger partial charge in [-0.3, -0.25) is 4.79 Å². The molecule has 5 heteroatoms. The molecule has 0 N–H and O–H groups in total. The van der Waals surface area contributed by atoms with Crippen LogP contribution < -0.4 is 0 Å². The van der Waals surface area contributed by atoms with Gasteiger partial charge in [0.15, 0.2) is 0 Å². The molecule has 86 valence electrons. The molecule has 0 radical (unpaired) electrons. The van der Waals surface area contributed by atoms with Gasteiger partial charge in [0.2, 0.25) is 5.91 Å². The third-order valence-corrected chi connectivity index (χ3v) is 2.73. The van der Waals surface area contributed by atoms with Gasteiger partial charge in [0.1, 0.15) is 5.82 Å². The summed E-state index contributed by atoms with van der Waals surface area (Å²) < 4.78 is 13.3. The maximum atomic E-state index is 13.3. The van der Waals surface area contributed by atoms with Gasteiger partial charge in [0, 0.05) is 16.4 Å². The summed E-state index contributed by atoms with van der Waals surface area (Å²) >= 11 is 0. The Morgan fingerprint density at radius 1 is 1.53 bits per heavy atom. The number of allylic oxidation sites excluding steroid dienone is 1. The normalized spacial score (nSPS) is 22.2. The van der Waals surface area contributed by atoms with E-state index in [2.05, 4.69) is 10.0 Å². The SMILES string of the molecule is [N-]=[N+]=NC(=O)C1CC1/C=C/c1ccccc1F. The summed E-state index contributed by atoms with van der Waals surface area (Å²) in [6.07, 6.45) is 4.11. The number of rotatable bonds is 3. The third kappa shape index (κ3) is 2.71. The molecule has 0 aromatic heterocycles. The second-order valence-electron chi connectivity index (χ2n) is 3.91. The molecule has 0 bridgehead atoms. The zero-order chi connectivity index (χ0) is 12.3. The first-order chi connectivity index (χ1) is 8.22. The van der Waals surface area contributed by atoms with Crippen LogP contribution in [0.3, 0.4) is 0 Å². The predicted octanol–water partition coefficient (Wildman–Crippen LogP) is 3.31. The lowest BCUT2D eigenvalue weighted by molar-refractivity contribution is -0.119.